The van der Waals surface area contributed by atoms with E-state index in [9.17, 15) is 5.53 Å². The maximum Gasteiger partial charge on any atom is 0.294 e. The van der Waals surface area contributed by atoms with Crippen LogP contribution in [0.25, 0.3) is 5.53 Å². The molecule has 0 atom stereocenters. The van der Waals surface area contributed by atoms with Crippen molar-refractivity contribution in [1.29, 1.82) is 0 Å². The molecule has 4 aliphatic rings. The second-order valence-electron chi connectivity index (χ2n) is 10.2. The minimum atomic E-state index is -1.81. The van der Waals surface area contributed by atoms with E-state index < -0.39 is 8.07 Å². The number of rotatable bonds is 5. The van der Waals surface area contributed by atoms with Crippen molar-refractivity contribution in [2.45, 2.75) is 96.7 Å². The fourth-order valence-corrected chi connectivity index (χ4v) is 15.2. The summed E-state index contributed by atoms with van der Waals surface area (Å²) in [5, 5.41) is 1.51. The van der Waals surface area contributed by atoms with Crippen LogP contribution in [0.15, 0.2) is 5.20 Å². The predicted molar refractivity (Wildman–Crippen MR) is 104 cm³/mol. The highest BCUT2D eigenvalue weighted by Gasteiger charge is 2.60. The zero-order chi connectivity index (χ0) is 17.7. The molecule has 4 saturated carbocycles. The lowest BCUT2D eigenvalue weighted by atomic mass is 9.49. The van der Waals surface area contributed by atoms with E-state index >= 15 is 0 Å². The molecular weight excluding hydrogens is 308 g/mol. The maximum absolute atomic E-state index is 9.56. The van der Waals surface area contributed by atoms with Crippen molar-refractivity contribution < 1.29 is 4.79 Å². The minimum Gasteiger partial charge on any atom is -0.348 e. The number of hydrogen-bond donors (Lipinski definition) is 0. The molecular formula is C21H36N2Si. The molecule has 0 radical (unpaired) electrons. The maximum atomic E-state index is 9.56. The van der Waals surface area contributed by atoms with Crippen LogP contribution in [0, 0.1) is 23.2 Å². The lowest BCUT2D eigenvalue weighted by Gasteiger charge is -2.60. The summed E-state index contributed by atoms with van der Waals surface area (Å²) >= 11 is 0. The van der Waals surface area contributed by atoms with Gasteiger partial charge in [-0.1, -0.05) is 41.5 Å². The molecule has 0 aliphatic heterocycles. The van der Waals surface area contributed by atoms with E-state index in [4.69, 9.17) is 0 Å². The third kappa shape index (κ3) is 2.52. The van der Waals surface area contributed by atoms with E-state index in [-0.39, 0.29) is 0 Å². The summed E-state index contributed by atoms with van der Waals surface area (Å²) in [5.41, 5.74) is 11.9. The van der Waals surface area contributed by atoms with Crippen molar-refractivity contribution in [3.8, 4) is 0 Å². The molecule has 0 aromatic rings. The monoisotopic (exact) mass is 344 g/mol. The van der Waals surface area contributed by atoms with Crippen molar-refractivity contribution in [1.82, 2.24) is 0 Å². The summed E-state index contributed by atoms with van der Waals surface area (Å²) < 4.78 is 0. The molecule has 0 heterocycles. The van der Waals surface area contributed by atoms with Crippen LogP contribution in [-0.4, -0.2) is 18.7 Å². The Balaban J connectivity index is 2.17. The van der Waals surface area contributed by atoms with E-state index in [1.165, 1.54) is 43.7 Å². The van der Waals surface area contributed by atoms with Crippen LogP contribution in [0.3, 0.4) is 0 Å². The van der Waals surface area contributed by atoms with Crippen LogP contribution in [0.5, 0.6) is 0 Å². The van der Waals surface area contributed by atoms with Crippen LogP contribution in [-0.2, 0) is 0 Å². The Kier molecular flexibility index (Phi) is 4.75. The van der Waals surface area contributed by atoms with Gasteiger partial charge in [-0.2, -0.15) is 0 Å². The molecule has 0 aromatic carbocycles. The number of allylic oxidation sites excluding steroid dienone is 1. The quantitative estimate of drug-likeness (QED) is 0.245. The Morgan fingerprint density at radius 3 is 1.54 bits per heavy atom. The molecule has 4 rings (SSSR count). The summed E-state index contributed by atoms with van der Waals surface area (Å²) in [4.78, 5) is 3.55. The van der Waals surface area contributed by atoms with Gasteiger partial charge < -0.3 is 5.53 Å². The summed E-state index contributed by atoms with van der Waals surface area (Å²) in [7, 11) is -1.81. The van der Waals surface area contributed by atoms with Gasteiger partial charge in [-0.05, 0) is 72.9 Å². The third-order valence-corrected chi connectivity index (χ3v) is 15.3. The SMILES string of the molecule is CC(C)[Si](C(=C=[N+]=[N-])C12CC3CC(CC(C3)C1)C2)(C(C)C)C(C)C. The molecule has 2 nitrogen and oxygen atoms in total. The normalized spacial score (nSPS) is 34.8. The average Bonchev–Trinajstić information content (AvgIpc) is 2.44. The smallest absolute Gasteiger partial charge is 0.294 e. The molecule has 24 heavy (non-hydrogen) atoms. The average molecular weight is 345 g/mol. The van der Waals surface area contributed by atoms with E-state index in [1.54, 1.807) is 0 Å². The largest absolute Gasteiger partial charge is 0.348 e. The lowest BCUT2D eigenvalue weighted by Crippen LogP contribution is -2.57. The standard InChI is InChI=1S/C21H36N2Si/c1-14(2)24(15(3)4,16(5)6)20(13-23-22)21-10-17-7-18(11-21)9-19(8-17)12-21/h14-19H,7-12H2,1-6H3. The molecule has 0 amide bonds. The fourth-order valence-electron chi connectivity index (χ4n) is 8.01. The van der Waals surface area contributed by atoms with E-state index in [2.05, 4.69) is 52.2 Å². The first-order valence-electron chi connectivity index (χ1n) is 10.2. The fraction of sp³-hybridized carbons (Fsp3) is 0.905. The highest BCUT2D eigenvalue weighted by molar-refractivity contribution is 6.91. The second kappa shape index (κ2) is 6.27. The Hall–Kier alpha value is -0.623. The number of hydrogen-bond acceptors (Lipinski definition) is 0. The summed E-state index contributed by atoms with van der Waals surface area (Å²) in [6.45, 7) is 14.5. The van der Waals surface area contributed by atoms with Crippen LogP contribution >= 0.6 is 0 Å². The first kappa shape index (κ1) is 18.2. The highest BCUT2D eigenvalue weighted by atomic mass is 28.3. The van der Waals surface area contributed by atoms with E-state index in [1.807, 2.05) is 0 Å². The summed E-state index contributed by atoms with van der Waals surface area (Å²) in [6, 6.07) is 0. The zero-order valence-electron chi connectivity index (χ0n) is 16.6. The summed E-state index contributed by atoms with van der Waals surface area (Å²) in [6.07, 6.45) is 8.42. The Bertz CT molecular complexity index is 520. The molecule has 0 aromatic heterocycles. The molecule has 0 unspecified atom stereocenters. The third-order valence-electron chi connectivity index (χ3n) is 8.03. The van der Waals surface area contributed by atoms with Crippen molar-refractivity contribution in [2.75, 3.05) is 0 Å². The van der Waals surface area contributed by atoms with E-state index in [0.717, 1.165) is 17.8 Å². The minimum absolute atomic E-state index is 0.312. The van der Waals surface area contributed by atoms with Crippen LogP contribution < -0.4 is 0 Å². The molecule has 3 heteroatoms. The van der Waals surface area contributed by atoms with Gasteiger partial charge in [-0.15, -0.1) is 4.79 Å². The summed E-state index contributed by atoms with van der Waals surface area (Å²) in [5.74, 6) is 6.05. The van der Waals surface area contributed by atoms with Gasteiger partial charge in [0.25, 0.3) is 5.87 Å². The highest BCUT2D eigenvalue weighted by Crippen LogP contribution is 2.66. The first-order valence-corrected chi connectivity index (χ1v) is 12.5. The predicted octanol–water partition coefficient (Wildman–Crippen LogP) is 6.25. The molecule has 0 spiro atoms. The Labute approximate surface area is 149 Å². The second-order valence-corrected chi connectivity index (χ2v) is 16.0. The van der Waals surface area contributed by atoms with Gasteiger partial charge in [0.05, 0.1) is 0 Å². The number of nitrogens with zero attached hydrogens (tertiary/aromatic N) is 2. The Morgan fingerprint density at radius 1 is 0.875 bits per heavy atom. The topological polar surface area (TPSA) is 36.4 Å². The molecule has 4 fully saturated rings. The van der Waals surface area contributed by atoms with Crippen molar-refractivity contribution in [3.05, 3.63) is 10.7 Å². The molecule has 4 bridgehead atoms. The van der Waals surface area contributed by atoms with Gasteiger partial charge in [0.2, 0.25) is 0 Å². The van der Waals surface area contributed by atoms with Gasteiger partial charge in [-0.25, -0.2) is 0 Å². The molecule has 4 aliphatic carbocycles. The molecule has 134 valence electrons. The van der Waals surface area contributed by atoms with Gasteiger partial charge in [-0.3, -0.25) is 0 Å². The van der Waals surface area contributed by atoms with Gasteiger partial charge in [0.1, 0.15) is 8.07 Å². The van der Waals surface area contributed by atoms with E-state index in [0.29, 0.717) is 22.0 Å². The van der Waals surface area contributed by atoms with Gasteiger partial charge in [0.15, 0.2) is 0 Å². The molecule has 0 N–H and O–H groups in total. The van der Waals surface area contributed by atoms with Gasteiger partial charge in [0, 0.05) is 10.6 Å². The lowest BCUT2D eigenvalue weighted by molar-refractivity contribution is -0.0304. The van der Waals surface area contributed by atoms with Crippen LogP contribution in [0.4, 0.5) is 0 Å². The molecule has 0 saturated heterocycles. The van der Waals surface area contributed by atoms with Crippen molar-refractivity contribution in [2.24, 2.45) is 23.2 Å². The van der Waals surface area contributed by atoms with Crippen LogP contribution in [0.2, 0.25) is 16.6 Å². The van der Waals surface area contributed by atoms with Crippen molar-refractivity contribution in [3.63, 3.8) is 0 Å². The van der Waals surface area contributed by atoms with Crippen LogP contribution in [0.1, 0.15) is 80.1 Å². The van der Waals surface area contributed by atoms with Gasteiger partial charge >= 0.3 is 0 Å². The Morgan fingerprint density at radius 2 is 1.25 bits per heavy atom. The first-order chi connectivity index (χ1) is 11.3. The zero-order valence-corrected chi connectivity index (χ0v) is 17.6. The van der Waals surface area contributed by atoms with Crippen molar-refractivity contribution >= 4 is 13.9 Å².